The summed E-state index contributed by atoms with van der Waals surface area (Å²) in [6, 6.07) is 10.5. The summed E-state index contributed by atoms with van der Waals surface area (Å²) >= 11 is 5.16. The zero-order chi connectivity index (χ0) is 15.4. The minimum absolute atomic E-state index is 0.130. The van der Waals surface area contributed by atoms with Crippen molar-refractivity contribution < 1.29 is 9.90 Å². The van der Waals surface area contributed by atoms with E-state index in [1.165, 1.54) is 10.4 Å². The van der Waals surface area contributed by atoms with E-state index in [4.69, 9.17) is 5.11 Å². The lowest BCUT2D eigenvalue weighted by Gasteiger charge is -2.30. The Hall–Kier alpha value is -1.33. The monoisotopic (exact) mass is 367 g/mol. The highest BCUT2D eigenvalue weighted by atomic mass is 79.9. The first-order chi connectivity index (χ1) is 9.97. The summed E-state index contributed by atoms with van der Waals surface area (Å²) in [5.74, 6) is -0.772. The van der Waals surface area contributed by atoms with Crippen LogP contribution in [0.3, 0.4) is 0 Å². The summed E-state index contributed by atoms with van der Waals surface area (Å²) in [5, 5.41) is 11.0. The van der Waals surface area contributed by atoms with Crippen molar-refractivity contribution in [1.82, 2.24) is 0 Å². The van der Waals surface area contributed by atoms with Crippen LogP contribution in [0.1, 0.15) is 29.8 Å². The van der Waals surface area contributed by atoms with Gasteiger partial charge < -0.3 is 10.0 Å². The van der Waals surface area contributed by atoms with Gasteiger partial charge in [0.1, 0.15) is 0 Å². The number of aliphatic carboxylic acids is 1. The molecule has 1 N–H and O–H groups in total. The number of carboxylic acid groups (broad SMARTS) is 1. The van der Waals surface area contributed by atoms with Crippen molar-refractivity contribution in [3.63, 3.8) is 0 Å². The van der Waals surface area contributed by atoms with E-state index in [0.717, 1.165) is 10.2 Å². The highest BCUT2D eigenvalue weighted by Crippen LogP contribution is 2.32. The Kier molecular flexibility index (Phi) is 5.42. The molecule has 1 heterocycles. The van der Waals surface area contributed by atoms with Gasteiger partial charge in [-0.3, -0.25) is 4.79 Å². The van der Waals surface area contributed by atoms with Crippen LogP contribution >= 0.6 is 27.3 Å². The number of benzene rings is 1. The molecule has 5 heteroatoms. The molecule has 0 fully saturated rings. The van der Waals surface area contributed by atoms with Crippen LogP contribution in [0.5, 0.6) is 0 Å². The second-order valence-corrected chi connectivity index (χ2v) is 6.87. The molecule has 0 saturated heterocycles. The summed E-state index contributed by atoms with van der Waals surface area (Å²) in [7, 11) is 0. The number of halogens is 1. The Labute approximate surface area is 137 Å². The number of hydrogen-bond acceptors (Lipinski definition) is 3. The van der Waals surface area contributed by atoms with Gasteiger partial charge in [-0.15, -0.1) is 11.3 Å². The molecule has 2 rings (SSSR count). The largest absolute Gasteiger partial charge is 0.481 e. The molecule has 3 nitrogen and oxygen atoms in total. The Morgan fingerprint density at radius 2 is 2.05 bits per heavy atom. The summed E-state index contributed by atoms with van der Waals surface area (Å²) in [4.78, 5) is 14.3. The van der Waals surface area contributed by atoms with E-state index < -0.39 is 5.97 Å². The van der Waals surface area contributed by atoms with E-state index in [0.29, 0.717) is 6.54 Å². The molecule has 1 atom stereocenters. The molecular weight excluding hydrogens is 350 g/mol. The first-order valence-corrected chi connectivity index (χ1v) is 8.43. The number of anilines is 1. The quantitative estimate of drug-likeness (QED) is 0.792. The van der Waals surface area contributed by atoms with Gasteiger partial charge in [0.15, 0.2) is 0 Å². The summed E-state index contributed by atoms with van der Waals surface area (Å²) in [6.45, 7) is 4.65. The topological polar surface area (TPSA) is 40.5 Å². The van der Waals surface area contributed by atoms with Gasteiger partial charge in [-0.05, 0) is 48.0 Å². The number of rotatable bonds is 6. The van der Waals surface area contributed by atoms with Crippen LogP contribution in [0.25, 0.3) is 0 Å². The Bertz CT molecular complexity index is 609. The molecule has 0 saturated carbocycles. The van der Waals surface area contributed by atoms with Crippen molar-refractivity contribution >= 4 is 38.9 Å². The van der Waals surface area contributed by atoms with Crippen molar-refractivity contribution in [3.8, 4) is 0 Å². The van der Waals surface area contributed by atoms with Crippen molar-refractivity contribution in [2.75, 3.05) is 11.4 Å². The van der Waals surface area contributed by atoms with E-state index in [2.05, 4.69) is 63.5 Å². The molecule has 112 valence electrons. The Morgan fingerprint density at radius 3 is 2.57 bits per heavy atom. The molecule has 0 amide bonds. The van der Waals surface area contributed by atoms with Gasteiger partial charge in [0.25, 0.3) is 0 Å². The molecule has 2 aromatic rings. The summed E-state index contributed by atoms with van der Waals surface area (Å²) in [6.07, 6.45) is 0.130. The van der Waals surface area contributed by atoms with E-state index in [1.54, 1.807) is 11.3 Å². The number of carbonyl (C=O) groups is 1. The fraction of sp³-hybridized carbons (Fsp3) is 0.312. The van der Waals surface area contributed by atoms with Crippen LogP contribution in [0, 0.1) is 6.92 Å². The minimum Gasteiger partial charge on any atom is -0.481 e. The van der Waals surface area contributed by atoms with E-state index in [9.17, 15) is 4.79 Å². The maximum absolute atomic E-state index is 10.9. The van der Waals surface area contributed by atoms with Gasteiger partial charge >= 0.3 is 5.97 Å². The molecule has 0 aliphatic heterocycles. The van der Waals surface area contributed by atoms with Crippen molar-refractivity contribution in [3.05, 3.63) is 50.6 Å². The number of carboxylic acids is 1. The molecule has 21 heavy (non-hydrogen) atoms. The van der Waals surface area contributed by atoms with Crippen molar-refractivity contribution in [1.29, 1.82) is 0 Å². The number of aryl methyl sites for hydroxylation is 1. The Morgan fingerprint density at radius 1 is 1.38 bits per heavy atom. The lowest BCUT2D eigenvalue weighted by molar-refractivity contribution is -0.136. The van der Waals surface area contributed by atoms with Gasteiger partial charge in [-0.25, -0.2) is 0 Å². The third kappa shape index (κ3) is 4.32. The van der Waals surface area contributed by atoms with E-state index in [1.807, 2.05) is 6.92 Å². The third-order valence-electron chi connectivity index (χ3n) is 3.40. The molecule has 1 aromatic heterocycles. The smallest absolute Gasteiger partial charge is 0.305 e. The van der Waals surface area contributed by atoms with Crippen LogP contribution in [0.2, 0.25) is 0 Å². The molecule has 0 radical (unpaired) electrons. The standard InChI is InChI=1S/C16H18BrNO2S/c1-11-3-5-14(6-4-11)18(8-7-16(19)20)12(2)15-9-13(17)10-21-15/h3-6,9-10,12H,7-8H2,1-2H3,(H,19,20). The second-order valence-electron chi connectivity index (χ2n) is 5.02. The lowest BCUT2D eigenvalue weighted by Crippen LogP contribution is -2.28. The predicted octanol–water partition coefficient (Wildman–Crippen LogP) is 4.86. The molecule has 0 aliphatic rings. The third-order valence-corrected chi connectivity index (χ3v) is 5.26. The fourth-order valence-electron chi connectivity index (χ4n) is 2.20. The zero-order valence-electron chi connectivity index (χ0n) is 12.0. The zero-order valence-corrected chi connectivity index (χ0v) is 14.4. The van der Waals surface area contributed by atoms with Crippen LogP contribution < -0.4 is 4.90 Å². The van der Waals surface area contributed by atoms with Crippen LogP contribution in [-0.4, -0.2) is 17.6 Å². The molecule has 0 aliphatic carbocycles. The number of nitrogens with zero attached hydrogens (tertiary/aromatic N) is 1. The SMILES string of the molecule is Cc1ccc(N(CCC(=O)O)C(C)c2cc(Br)cs2)cc1. The molecular formula is C16H18BrNO2S. The predicted molar refractivity (Wildman–Crippen MR) is 91.2 cm³/mol. The molecule has 1 unspecified atom stereocenters. The normalized spacial score (nSPS) is 12.1. The van der Waals surface area contributed by atoms with Crippen LogP contribution in [-0.2, 0) is 4.79 Å². The first-order valence-electron chi connectivity index (χ1n) is 6.76. The Balaban J connectivity index is 2.26. The first kappa shape index (κ1) is 16.0. The van der Waals surface area contributed by atoms with Gasteiger partial charge in [0.2, 0.25) is 0 Å². The highest BCUT2D eigenvalue weighted by Gasteiger charge is 2.18. The van der Waals surface area contributed by atoms with Gasteiger partial charge in [0.05, 0.1) is 12.5 Å². The average Bonchev–Trinajstić information content (AvgIpc) is 2.87. The highest BCUT2D eigenvalue weighted by molar-refractivity contribution is 9.10. The van der Waals surface area contributed by atoms with Crippen molar-refractivity contribution in [2.24, 2.45) is 0 Å². The fourth-order valence-corrected chi connectivity index (χ4v) is 3.71. The number of hydrogen-bond donors (Lipinski definition) is 1. The van der Waals surface area contributed by atoms with E-state index >= 15 is 0 Å². The lowest BCUT2D eigenvalue weighted by atomic mass is 10.1. The van der Waals surface area contributed by atoms with E-state index in [-0.39, 0.29) is 12.5 Å². The maximum atomic E-state index is 10.9. The molecule has 1 aromatic carbocycles. The minimum atomic E-state index is -0.772. The molecule has 0 spiro atoms. The van der Waals surface area contributed by atoms with Crippen molar-refractivity contribution in [2.45, 2.75) is 26.3 Å². The summed E-state index contributed by atoms with van der Waals surface area (Å²) in [5.41, 5.74) is 2.25. The summed E-state index contributed by atoms with van der Waals surface area (Å²) < 4.78 is 1.07. The number of thiophene rings is 1. The molecule has 0 bridgehead atoms. The average molecular weight is 368 g/mol. The maximum Gasteiger partial charge on any atom is 0.305 e. The van der Waals surface area contributed by atoms with Crippen LogP contribution in [0.4, 0.5) is 5.69 Å². The second kappa shape index (κ2) is 7.09. The van der Waals surface area contributed by atoms with Crippen LogP contribution in [0.15, 0.2) is 40.2 Å². The van der Waals surface area contributed by atoms with Gasteiger partial charge in [0, 0.05) is 27.0 Å². The van der Waals surface area contributed by atoms with Gasteiger partial charge in [-0.2, -0.15) is 0 Å². The van der Waals surface area contributed by atoms with Gasteiger partial charge in [-0.1, -0.05) is 17.7 Å².